The van der Waals surface area contributed by atoms with Gasteiger partial charge in [0.05, 0.1) is 25.8 Å². The number of benzene rings is 1. The molecule has 2 N–H and O–H groups in total. The minimum Gasteiger partial charge on any atom is -0.756 e. The van der Waals surface area contributed by atoms with Crippen molar-refractivity contribution in [1.82, 2.24) is 14.8 Å². The molecule has 1 aromatic carbocycles. The number of hydrogen-bond acceptors (Lipinski definition) is 11. The Balaban J connectivity index is 1.53. The summed E-state index contributed by atoms with van der Waals surface area (Å²) in [7, 11) is -5.02. The SMILES string of the molecule is C[C@H]1CO[C@@H]2Cn3cc(C(=O)NCc4ccc(F)cc4F)c(=O)c(OCOC(=O)OCCOP(=O)([O-])O)c3C(=O)N12. The Morgan fingerprint density at radius 1 is 1.24 bits per heavy atom. The monoisotopic (exact) mass is 602 g/mol. The van der Waals surface area contributed by atoms with E-state index in [4.69, 9.17) is 14.4 Å². The lowest BCUT2D eigenvalue weighted by Crippen LogP contribution is -2.49. The van der Waals surface area contributed by atoms with Gasteiger partial charge in [-0.3, -0.25) is 18.9 Å². The molecule has 222 valence electrons. The number of aromatic nitrogens is 1. The number of amides is 2. The molecular weight excluding hydrogens is 579 g/mol. The summed E-state index contributed by atoms with van der Waals surface area (Å²) in [6.07, 6.45) is -0.946. The van der Waals surface area contributed by atoms with Crippen LogP contribution in [0.4, 0.5) is 13.6 Å². The number of hydrogen-bond donors (Lipinski definition) is 2. The Hall–Kier alpha value is -3.89. The average Bonchev–Trinajstić information content (AvgIpc) is 3.27. The predicted octanol–water partition coefficient (Wildman–Crippen LogP) is 0.224. The van der Waals surface area contributed by atoms with Crippen molar-refractivity contribution in [2.45, 2.75) is 32.3 Å². The molecule has 18 heteroatoms. The summed E-state index contributed by atoms with van der Waals surface area (Å²) < 4.78 is 63.1. The third-order valence-electron chi connectivity index (χ3n) is 5.98. The highest BCUT2D eigenvalue weighted by molar-refractivity contribution is 7.44. The molecule has 3 atom stereocenters. The van der Waals surface area contributed by atoms with Crippen LogP contribution >= 0.6 is 7.82 Å². The van der Waals surface area contributed by atoms with Gasteiger partial charge >= 0.3 is 6.16 Å². The minimum atomic E-state index is -5.02. The van der Waals surface area contributed by atoms with Crippen molar-refractivity contribution in [3.05, 3.63) is 63.1 Å². The zero-order chi connectivity index (χ0) is 29.9. The van der Waals surface area contributed by atoms with Crippen LogP contribution in [-0.2, 0) is 36.4 Å². The fourth-order valence-electron chi connectivity index (χ4n) is 4.15. The molecule has 1 aromatic heterocycles. The first-order valence-electron chi connectivity index (χ1n) is 11.9. The van der Waals surface area contributed by atoms with E-state index in [1.165, 1.54) is 9.47 Å². The van der Waals surface area contributed by atoms with Crippen LogP contribution in [0.25, 0.3) is 0 Å². The van der Waals surface area contributed by atoms with Gasteiger partial charge in [-0.15, -0.1) is 0 Å². The number of phosphoric ester groups is 1. The normalized spacial score (nSPS) is 19.1. The summed E-state index contributed by atoms with van der Waals surface area (Å²) >= 11 is 0. The van der Waals surface area contributed by atoms with Crippen molar-refractivity contribution in [1.29, 1.82) is 0 Å². The summed E-state index contributed by atoms with van der Waals surface area (Å²) in [6.45, 7) is -0.710. The third kappa shape index (κ3) is 7.07. The molecule has 0 saturated carbocycles. The fourth-order valence-corrected chi connectivity index (χ4v) is 4.45. The van der Waals surface area contributed by atoms with E-state index in [0.29, 0.717) is 6.07 Å². The van der Waals surface area contributed by atoms with Crippen LogP contribution in [0.15, 0.2) is 29.2 Å². The van der Waals surface area contributed by atoms with E-state index in [9.17, 15) is 37.4 Å². The zero-order valence-electron chi connectivity index (χ0n) is 21.2. The van der Waals surface area contributed by atoms with Crippen LogP contribution in [0.5, 0.6) is 5.75 Å². The molecule has 1 fully saturated rings. The van der Waals surface area contributed by atoms with Crippen LogP contribution in [0.3, 0.4) is 0 Å². The Bertz CT molecular complexity index is 1460. The predicted molar refractivity (Wildman–Crippen MR) is 127 cm³/mol. The second kappa shape index (κ2) is 12.3. The molecular formula is C23H23F2N3O12P-. The largest absolute Gasteiger partial charge is 0.756 e. The molecule has 1 unspecified atom stereocenters. The van der Waals surface area contributed by atoms with E-state index >= 15 is 0 Å². The van der Waals surface area contributed by atoms with Gasteiger partial charge in [0.2, 0.25) is 18.0 Å². The molecule has 2 aliphatic heterocycles. The molecule has 15 nitrogen and oxygen atoms in total. The molecule has 0 aliphatic carbocycles. The lowest BCUT2D eigenvalue weighted by Gasteiger charge is -2.34. The Morgan fingerprint density at radius 2 is 2.00 bits per heavy atom. The van der Waals surface area contributed by atoms with Gasteiger partial charge in [-0.2, -0.15) is 0 Å². The number of carbonyl (C=O) groups is 3. The molecule has 2 aromatic rings. The first-order valence-corrected chi connectivity index (χ1v) is 13.4. The minimum absolute atomic E-state index is 0.0201. The van der Waals surface area contributed by atoms with Crippen LogP contribution < -0.4 is 20.4 Å². The number of phosphoric acid groups is 1. The lowest BCUT2D eigenvalue weighted by molar-refractivity contribution is -0.220. The lowest BCUT2D eigenvalue weighted by atomic mass is 10.1. The van der Waals surface area contributed by atoms with Gasteiger partial charge < -0.3 is 48.0 Å². The number of nitrogens with one attached hydrogen (secondary N) is 1. The van der Waals surface area contributed by atoms with Crippen molar-refractivity contribution in [3.8, 4) is 5.75 Å². The Labute approximate surface area is 229 Å². The van der Waals surface area contributed by atoms with E-state index in [2.05, 4.69) is 19.3 Å². The van der Waals surface area contributed by atoms with Gasteiger partial charge in [0, 0.05) is 24.4 Å². The van der Waals surface area contributed by atoms with Crippen LogP contribution in [0.2, 0.25) is 0 Å². The molecule has 41 heavy (non-hydrogen) atoms. The van der Waals surface area contributed by atoms with Gasteiger partial charge in [0.15, 0.2) is 11.9 Å². The van der Waals surface area contributed by atoms with Crippen molar-refractivity contribution >= 4 is 25.8 Å². The Kier molecular flexibility index (Phi) is 9.04. The summed E-state index contributed by atoms with van der Waals surface area (Å²) in [5.41, 5.74) is -1.84. The highest BCUT2D eigenvalue weighted by Gasteiger charge is 2.43. The molecule has 2 amide bonds. The van der Waals surface area contributed by atoms with Crippen molar-refractivity contribution in [2.75, 3.05) is 26.6 Å². The highest BCUT2D eigenvalue weighted by atomic mass is 31.2. The number of carbonyl (C=O) groups excluding carboxylic acids is 3. The van der Waals surface area contributed by atoms with Crippen molar-refractivity contribution < 1.29 is 61.0 Å². The first kappa shape index (κ1) is 30.1. The molecule has 2 aliphatic rings. The van der Waals surface area contributed by atoms with Crippen LogP contribution in [-0.4, -0.2) is 71.2 Å². The van der Waals surface area contributed by atoms with Gasteiger partial charge in [0.25, 0.3) is 19.6 Å². The maximum Gasteiger partial charge on any atom is 0.511 e. The first-order chi connectivity index (χ1) is 19.4. The molecule has 0 radical (unpaired) electrons. The van der Waals surface area contributed by atoms with E-state index in [1.807, 2.05) is 0 Å². The number of nitrogens with zero attached hydrogens (tertiary/aromatic N) is 2. The summed E-state index contributed by atoms with van der Waals surface area (Å²) in [6, 6.07) is 2.41. The van der Waals surface area contributed by atoms with Crippen LogP contribution in [0.1, 0.15) is 33.3 Å². The topological polar surface area (TPSA) is 195 Å². The van der Waals surface area contributed by atoms with Crippen LogP contribution in [0, 0.1) is 11.6 Å². The third-order valence-corrected chi connectivity index (χ3v) is 6.49. The maximum atomic E-state index is 14.0. The van der Waals surface area contributed by atoms with Gasteiger partial charge in [-0.1, -0.05) is 6.07 Å². The second-order valence-corrected chi connectivity index (χ2v) is 9.97. The summed E-state index contributed by atoms with van der Waals surface area (Å²) in [5, 5.41) is 2.35. The Morgan fingerprint density at radius 3 is 2.71 bits per heavy atom. The fraction of sp³-hybridized carbons (Fsp3) is 0.391. The number of rotatable bonds is 10. The van der Waals surface area contributed by atoms with Crippen molar-refractivity contribution in [2.24, 2.45) is 0 Å². The zero-order valence-corrected chi connectivity index (χ0v) is 22.1. The average molecular weight is 602 g/mol. The molecule has 0 bridgehead atoms. The smallest absolute Gasteiger partial charge is 0.511 e. The van der Waals surface area contributed by atoms with E-state index in [0.717, 1.165) is 18.3 Å². The number of pyridine rings is 1. The maximum absolute atomic E-state index is 14.0. The molecule has 3 heterocycles. The van der Waals surface area contributed by atoms with E-state index in [-0.39, 0.29) is 30.5 Å². The standard InChI is InChI=1S/C23H24F2N3O12P/c1-12-10-37-17-9-27-8-15(21(30)26-7-13-2-3-14(24)6-16(13)25)19(29)20(18(27)22(31)28(12)17)38-11-39-23(32)36-4-5-40-41(33,34)35/h2-3,6,8,12,17H,4-5,7,9-11H2,1H3,(H,26,30)(H2,33,34,35)/p-1/t12-,17+/m0/s1. The molecule has 1 saturated heterocycles. The summed E-state index contributed by atoms with van der Waals surface area (Å²) in [5.74, 6) is -3.97. The molecule has 0 spiro atoms. The summed E-state index contributed by atoms with van der Waals surface area (Å²) in [4.78, 5) is 71.7. The van der Waals surface area contributed by atoms with Crippen molar-refractivity contribution in [3.63, 3.8) is 0 Å². The van der Waals surface area contributed by atoms with E-state index < -0.39 is 86.9 Å². The highest BCUT2D eigenvalue weighted by Crippen LogP contribution is 2.31. The quantitative estimate of drug-likeness (QED) is 0.163. The second-order valence-electron chi connectivity index (χ2n) is 8.78. The number of halogens is 2. The molecule has 4 rings (SSSR count). The number of ether oxygens (including phenoxy) is 4. The van der Waals surface area contributed by atoms with E-state index in [1.54, 1.807) is 6.92 Å². The van der Waals surface area contributed by atoms with Gasteiger partial charge in [0.1, 0.15) is 23.8 Å². The number of fused-ring (bicyclic) bond motifs is 2. The van der Waals surface area contributed by atoms with Gasteiger partial charge in [-0.25, -0.2) is 13.6 Å². The van der Waals surface area contributed by atoms with Gasteiger partial charge in [-0.05, 0) is 13.0 Å².